The summed E-state index contributed by atoms with van der Waals surface area (Å²) in [6.45, 7) is 7.35. The van der Waals surface area contributed by atoms with Crippen molar-refractivity contribution < 1.29 is 19.5 Å². The van der Waals surface area contributed by atoms with Crippen LogP contribution in [0.2, 0.25) is 0 Å². The fourth-order valence-electron chi connectivity index (χ4n) is 1.55. The van der Waals surface area contributed by atoms with E-state index in [1.165, 1.54) is 7.05 Å². The van der Waals surface area contributed by atoms with Crippen molar-refractivity contribution in [2.24, 2.45) is 0 Å². The molecule has 1 N–H and O–H groups in total. The van der Waals surface area contributed by atoms with Gasteiger partial charge in [0, 0.05) is 5.56 Å². The van der Waals surface area contributed by atoms with Crippen molar-refractivity contribution in [1.82, 2.24) is 0 Å². The fourth-order valence-corrected chi connectivity index (χ4v) is 1.55. The Balaban J connectivity index is 2.99. The maximum Gasteiger partial charge on any atom is 0.338 e. The standard InChI is InChI=1S/C14H20NO3/c1-10-8-11(9-15(5)17)6-7-12(10)13(16)18-14(2,3)4/h6-9,17H,1-5H3/q+1. The number of carbonyl (C=O) groups is 1. The van der Waals surface area contributed by atoms with Gasteiger partial charge in [-0.25, -0.2) is 4.79 Å². The van der Waals surface area contributed by atoms with E-state index in [-0.39, 0.29) is 5.97 Å². The first-order valence-electron chi connectivity index (χ1n) is 5.79. The Morgan fingerprint density at radius 3 is 2.44 bits per heavy atom. The molecule has 0 fully saturated rings. The number of hydrogen-bond acceptors (Lipinski definition) is 3. The number of ether oxygens (including phenoxy) is 1. The summed E-state index contributed by atoms with van der Waals surface area (Å²) in [5, 5.41) is 9.11. The molecule has 0 aliphatic rings. The molecule has 0 amide bonds. The quantitative estimate of drug-likeness (QED) is 0.288. The average molecular weight is 250 g/mol. The van der Waals surface area contributed by atoms with Gasteiger partial charge >= 0.3 is 5.97 Å². The van der Waals surface area contributed by atoms with Crippen LogP contribution in [0.1, 0.15) is 42.3 Å². The van der Waals surface area contributed by atoms with Crippen molar-refractivity contribution in [2.75, 3.05) is 7.05 Å². The van der Waals surface area contributed by atoms with Crippen LogP contribution in [-0.4, -0.2) is 34.8 Å². The van der Waals surface area contributed by atoms with E-state index in [1.54, 1.807) is 18.3 Å². The molecule has 98 valence electrons. The van der Waals surface area contributed by atoms with E-state index in [0.29, 0.717) is 5.56 Å². The zero-order valence-corrected chi connectivity index (χ0v) is 11.5. The summed E-state index contributed by atoms with van der Waals surface area (Å²) in [6.07, 6.45) is 1.56. The Morgan fingerprint density at radius 2 is 2.00 bits per heavy atom. The van der Waals surface area contributed by atoms with Crippen molar-refractivity contribution in [3.05, 3.63) is 34.9 Å². The van der Waals surface area contributed by atoms with Gasteiger partial charge in [-0.15, -0.1) is 0 Å². The second kappa shape index (κ2) is 5.21. The minimum absolute atomic E-state index is 0.330. The topological polar surface area (TPSA) is 49.5 Å². The van der Waals surface area contributed by atoms with Gasteiger partial charge < -0.3 is 4.74 Å². The fraction of sp³-hybridized carbons (Fsp3) is 0.429. The zero-order valence-electron chi connectivity index (χ0n) is 11.5. The van der Waals surface area contributed by atoms with Crippen LogP contribution in [0.3, 0.4) is 0 Å². The molecule has 0 aliphatic carbocycles. The van der Waals surface area contributed by atoms with Gasteiger partial charge in [-0.1, -0.05) is 0 Å². The summed E-state index contributed by atoms with van der Waals surface area (Å²) in [5.41, 5.74) is 1.69. The molecular weight excluding hydrogens is 230 g/mol. The molecule has 0 saturated heterocycles. The lowest BCUT2D eigenvalue weighted by Crippen LogP contribution is -2.24. The van der Waals surface area contributed by atoms with Crippen LogP contribution < -0.4 is 0 Å². The summed E-state index contributed by atoms with van der Waals surface area (Å²) in [5.74, 6) is -0.330. The molecular formula is C14H20NO3+. The Morgan fingerprint density at radius 1 is 1.39 bits per heavy atom. The number of hydrogen-bond donors (Lipinski definition) is 1. The average Bonchev–Trinajstić information content (AvgIpc) is 2.13. The van der Waals surface area contributed by atoms with Gasteiger partial charge in [-0.2, -0.15) is 0 Å². The summed E-state index contributed by atoms with van der Waals surface area (Å²) in [4.78, 5) is 11.9. The highest BCUT2D eigenvalue weighted by Gasteiger charge is 2.19. The lowest BCUT2D eigenvalue weighted by molar-refractivity contribution is -0.750. The van der Waals surface area contributed by atoms with Crippen LogP contribution in [0.15, 0.2) is 18.2 Å². The number of esters is 1. The molecule has 18 heavy (non-hydrogen) atoms. The highest BCUT2D eigenvalue weighted by molar-refractivity contribution is 5.92. The third kappa shape index (κ3) is 4.20. The van der Waals surface area contributed by atoms with Gasteiger partial charge in [-0.05, 0) is 56.2 Å². The largest absolute Gasteiger partial charge is 0.456 e. The highest BCUT2D eigenvalue weighted by atomic mass is 16.6. The number of hydroxylamine groups is 1. The predicted molar refractivity (Wildman–Crippen MR) is 69.5 cm³/mol. The number of benzene rings is 1. The maximum atomic E-state index is 11.9. The first-order valence-corrected chi connectivity index (χ1v) is 5.79. The van der Waals surface area contributed by atoms with E-state index in [0.717, 1.165) is 15.9 Å². The third-order valence-corrected chi connectivity index (χ3v) is 2.21. The predicted octanol–water partition coefficient (Wildman–Crippen LogP) is 2.40. The molecule has 0 saturated carbocycles. The van der Waals surface area contributed by atoms with Crippen molar-refractivity contribution in [1.29, 1.82) is 0 Å². The van der Waals surface area contributed by atoms with Gasteiger partial charge in [0.15, 0.2) is 7.05 Å². The van der Waals surface area contributed by atoms with Crippen LogP contribution in [0.4, 0.5) is 0 Å². The molecule has 0 atom stereocenters. The van der Waals surface area contributed by atoms with E-state index in [2.05, 4.69) is 0 Å². The molecule has 4 heteroatoms. The minimum atomic E-state index is -0.500. The van der Waals surface area contributed by atoms with Crippen molar-refractivity contribution >= 4 is 12.2 Å². The number of nitrogens with zero attached hydrogens (tertiary/aromatic N) is 1. The van der Waals surface area contributed by atoms with Crippen LogP contribution in [0.5, 0.6) is 0 Å². The van der Waals surface area contributed by atoms with E-state index < -0.39 is 5.60 Å². The second-order valence-corrected chi connectivity index (χ2v) is 5.28. The molecule has 0 unspecified atom stereocenters. The lowest BCUT2D eigenvalue weighted by atomic mass is 10.1. The molecule has 0 aliphatic heterocycles. The smallest absolute Gasteiger partial charge is 0.338 e. The normalized spacial score (nSPS) is 12.4. The van der Waals surface area contributed by atoms with Gasteiger partial charge in [0.05, 0.1) is 5.56 Å². The Hall–Kier alpha value is -1.84. The molecule has 1 aromatic carbocycles. The summed E-state index contributed by atoms with van der Waals surface area (Å²) in [7, 11) is 1.52. The first-order chi connectivity index (χ1) is 8.19. The van der Waals surface area contributed by atoms with Gasteiger partial charge in [0.1, 0.15) is 5.60 Å². The van der Waals surface area contributed by atoms with E-state index in [9.17, 15) is 4.79 Å². The van der Waals surface area contributed by atoms with Crippen LogP contribution >= 0.6 is 0 Å². The van der Waals surface area contributed by atoms with E-state index >= 15 is 0 Å². The van der Waals surface area contributed by atoms with E-state index in [4.69, 9.17) is 9.94 Å². The van der Waals surface area contributed by atoms with Gasteiger partial charge in [0.2, 0.25) is 6.21 Å². The molecule has 1 aromatic rings. The van der Waals surface area contributed by atoms with Crippen molar-refractivity contribution in [2.45, 2.75) is 33.3 Å². The third-order valence-electron chi connectivity index (χ3n) is 2.21. The van der Waals surface area contributed by atoms with E-state index in [1.807, 2.05) is 33.8 Å². The molecule has 0 radical (unpaired) electrons. The van der Waals surface area contributed by atoms with Crippen LogP contribution in [0.25, 0.3) is 0 Å². The molecule has 0 aromatic heterocycles. The molecule has 0 bridgehead atoms. The number of carbonyl (C=O) groups excluding carboxylic acids is 1. The van der Waals surface area contributed by atoms with Crippen molar-refractivity contribution in [3.8, 4) is 0 Å². The maximum absolute atomic E-state index is 11.9. The Bertz CT molecular complexity index is 480. The van der Waals surface area contributed by atoms with Gasteiger partial charge in [0.25, 0.3) is 0 Å². The Labute approximate surface area is 107 Å². The first kappa shape index (κ1) is 14.2. The highest BCUT2D eigenvalue weighted by Crippen LogP contribution is 2.16. The zero-order chi connectivity index (χ0) is 13.9. The molecule has 0 spiro atoms. The summed E-state index contributed by atoms with van der Waals surface area (Å²) >= 11 is 0. The van der Waals surface area contributed by atoms with Crippen LogP contribution in [-0.2, 0) is 4.74 Å². The monoisotopic (exact) mass is 250 g/mol. The minimum Gasteiger partial charge on any atom is -0.456 e. The van der Waals surface area contributed by atoms with Crippen molar-refractivity contribution in [3.63, 3.8) is 0 Å². The Kier molecular flexibility index (Phi) is 4.11. The van der Waals surface area contributed by atoms with Gasteiger partial charge in [-0.3, -0.25) is 5.21 Å². The SMILES string of the molecule is Cc1cc(C=[N+](C)O)ccc1C(=O)OC(C)(C)C. The lowest BCUT2D eigenvalue weighted by Gasteiger charge is -2.20. The molecule has 4 nitrogen and oxygen atoms in total. The van der Waals surface area contributed by atoms with Crippen LogP contribution in [0, 0.1) is 6.92 Å². The number of aryl methyl sites for hydroxylation is 1. The summed E-state index contributed by atoms with van der Waals surface area (Å²) < 4.78 is 6.29. The second-order valence-electron chi connectivity index (χ2n) is 5.28. The molecule has 1 rings (SSSR count). The summed E-state index contributed by atoms with van der Waals surface area (Å²) in [6, 6.07) is 5.30. The molecule has 0 heterocycles. The number of rotatable bonds is 2.